The van der Waals surface area contributed by atoms with E-state index in [1.54, 1.807) is 0 Å². The van der Waals surface area contributed by atoms with Crippen LogP contribution in [-0.4, -0.2) is 27.0 Å². The van der Waals surface area contributed by atoms with Crippen molar-refractivity contribution in [3.05, 3.63) is 28.2 Å². The Labute approximate surface area is 116 Å². The molecular formula is C11H9BrN2O3S. The molecule has 2 rings (SSSR count). The van der Waals surface area contributed by atoms with E-state index in [2.05, 4.69) is 26.1 Å². The molecule has 1 aromatic heterocycles. The van der Waals surface area contributed by atoms with Gasteiger partial charge in [0.2, 0.25) is 5.89 Å². The SMILES string of the molecule is Cc1cc(Br)ccc1-c1nnc(SCC(=O)O)o1. The van der Waals surface area contributed by atoms with Crippen LogP contribution in [0.3, 0.4) is 0 Å². The van der Waals surface area contributed by atoms with Crippen LogP contribution in [0.1, 0.15) is 5.56 Å². The first-order valence-corrected chi connectivity index (χ1v) is 6.79. The lowest BCUT2D eigenvalue weighted by Crippen LogP contribution is -1.97. The number of carboxylic acid groups (broad SMARTS) is 1. The van der Waals surface area contributed by atoms with Crippen LogP contribution in [0.2, 0.25) is 0 Å². The zero-order valence-electron chi connectivity index (χ0n) is 9.38. The van der Waals surface area contributed by atoms with Crippen molar-refractivity contribution in [1.82, 2.24) is 10.2 Å². The van der Waals surface area contributed by atoms with Crippen molar-refractivity contribution in [3.8, 4) is 11.5 Å². The van der Waals surface area contributed by atoms with E-state index in [0.717, 1.165) is 27.4 Å². The zero-order chi connectivity index (χ0) is 13.1. The fraction of sp³-hybridized carbons (Fsp3) is 0.182. The number of rotatable bonds is 4. The van der Waals surface area contributed by atoms with Crippen molar-refractivity contribution in [2.24, 2.45) is 0 Å². The first-order valence-electron chi connectivity index (χ1n) is 5.01. The summed E-state index contributed by atoms with van der Waals surface area (Å²) in [5.41, 5.74) is 1.84. The second-order valence-electron chi connectivity index (χ2n) is 3.51. The van der Waals surface area contributed by atoms with Crippen molar-refractivity contribution in [2.45, 2.75) is 12.1 Å². The number of aromatic nitrogens is 2. The number of hydrogen-bond donors (Lipinski definition) is 1. The Morgan fingerprint density at radius 3 is 2.94 bits per heavy atom. The molecule has 7 heteroatoms. The fourth-order valence-corrected chi connectivity index (χ4v) is 2.33. The second kappa shape index (κ2) is 5.53. The Bertz CT molecular complexity index is 585. The largest absolute Gasteiger partial charge is 0.481 e. The standard InChI is InChI=1S/C11H9BrN2O3S/c1-6-4-7(12)2-3-8(6)10-13-14-11(17-10)18-5-9(15)16/h2-4H,5H2,1H3,(H,15,16). The molecule has 0 unspecified atom stereocenters. The number of carbonyl (C=O) groups is 1. The van der Waals surface area contributed by atoms with Gasteiger partial charge in [0.15, 0.2) is 0 Å². The van der Waals surface area contributed by atoms with E-state index in [1.807, 2.05) is 25.1 Å². The van der Waals surface area contributed by atoms with E-state index < -0.39 is 5.97 Å². The van der Waals surface area contributed by atoms with Crippen LogP contribution in [0.5, 0.6) is 0 Å². The third-order valence-corrected chi connectivity index (χ3v) is 3.44. The monoisotopic (exact) mass is 328 g/mol. The molecule has 0 bridgehead atoms. The highest BCUT2D eigenvalue weighted by Crippen LogP contribution is 2.27. The van der Waals surface area contributed by atoms with Gasteiger partial charge in [-0.2, -0.15) is 0 Å². The van der Waals surface area contributed by atoms with E-state index in [1.165, 1.54) is 0 Å². The number of carboxylic acids is 1. The topological polar surface area (TPSA) is 76.2 Å². The highest BCUT2D eigenvalue weighted by Gasteiger charge is 2.12. The lowest BCUT2D eigenvalue weighted by atomic mass is 10.1. The molecule has 18 heavy (non-hydrogen) atoms. The molecule has 0 atom stereocenters. The number of nitrogens with zero attached hydrogens (tertiary/aromatic N) is 2. The van der Waals surface area contributed by atoms with Crippen molar-refractivity contribution >= 4 is 33.7 Å². The van der Waals surface area contributed by atoms with Crippen molar-refractivity contribution in [2.75, 3.05) is 5.75 Å². The average molecular weight is 329 g/mol. The Balaban J connectivity index is 2.21. The first-order chi connectivity index (χ1) is 8.56. The molecule has 1 heterocycles. The first kappa shape index (κ1) is 13.1. The second-order valence-corrected chi connectivity index (χ2v) is 5.36. The van der Waals surface area contributed by atoms with Crippen molar-refractivity contribution in [3.63, 3.8) is 0 Å². The molecule has 94 valence electrons. The summed E-state index contributed by atoms with van der Waals surface area (Å²) in [5, 5.41) is 16.5. The van der Waals surface area contributed by atoms with Crippen LogP contribution >= 0.6 is 27.7 Å². The van der Waals surface area contributed by atoms with Gasteiger partial charge in [-0.05, 0) is 30.7 Å². The predicted octanol–water partition coefficient (Wildman–Crippen LogP) is 2.98. The van der Waals surface area contributed by atoms with E-state index in [0.29, 0.717) is 5.89 Å². The Morgan fingerprint density at radius 1 is 1.50 bits per heavy atom. The van der Waals surface area contributed by atoms with Crippen LogP contribution in [0, 0.1) is 6.92 Å². The molecule has 0 fully saturated rings. The highest BCUT2D eigenvalue weighted by molar-refractivity contribution is 9.10. The minimum absolute atomic E-state index is 0.0963. The summed E-state index contributed by atoms with van der Waals surface area (Å²) in [6, 6.07) is 5.71. The van der Waals surface area contributed by atoms with Gasteiger partial charge in [-0.15, -0.1) is 10.2 Å². The molecule has 0 saturated carbocycles. The number of hydrogen-bond acceptors (Lipinski definition) is 5. The van der Waals surface area contributed by atoms with Gasteiger partial charge in [0.05, 0.1) is 0 Å². The Kier molecular flexibility index (Phi) is 4.03. The van der Waals surface area contributed by atoms with Gasteiger partial charge >= 0.3 is 5.97 Å². The number of thioether (sulfide) groups is 1. The van der Waals surface area contributed by atoms with E-state index >= 15 is 0 Å². The summed E-state index contributed by atoms with van der Waals surface area (Å²) in [7, 11) is 0. The van der Waals surface area contributed by atoms with Gasteiger partial charge < -0.3 is 9.52 Å². The minimum atomic E-state index is -0.917. The molecule has 0 saturated heterocycles. The smallest absolute Gasteiger partial charge is 0.314 e. The lowest BCUT2D eigenvalue weighted by molar-refractivity contribution is -0.133. The molecule has 0 radical (unpaired) electrons. The predicted molar refractivity (Wildman–Crippen MR) is 70.5 cm³/mol. The summed E-state index contributed by atoms with van der Waals surface area (Å²) < 4.78 is 6.38. The maximum Gasteiger partial charge on any atom is 0.314 e. The summed E-state index contributed by atoms with van der Waals surface area (Å²) >= 11 is 4.38. The van der Waals surface area contributed by atoms with E-state index in [-0.39, 0.29) is 11.0 Å². The van der Waals surface area contributed by atoms with Gasteiger partial charge in [0.25, 0.3) is 5.22 Å². The Morgan fingerprint density at radius 2 is 2.28 bits per heavy atom. The van der Waals surface area contributed by atoms with E-state index in [9.17, 15) is 4.79 Å². The molecule has 0 aliphatic carbocycles. The highest BCUT2D eigenvalue weighted by atomic mass is 79.9. The molecule has 0 aliphatic rings. The van der Waals surface area contributed by atoms with Crippen molar-refractivity contribution in [1.29, 1.82) is 0 Å². The minimum Gasteiger partial charge on any atom is -0.481 e. The number of aliphatic carboxylic acids is 1. The number of benzene rings is 1. The number of halogens is 1. The van der Waals surface area contributed by atoms with Crippen LogP contribution in [-0.2, 0) is 4.79 Å². The Hall–Kier alpha value is -1.34. The van der Waals surface area contributed by atoms with Crippen molar-refractivity contribution < 1.29 is 14.3 Å². The van der Waals surface area contributed by atoms with Gasteiger partial charge in [0.1, 0.15) is 5.75 Å². The lowest BCUT2D eigenvalue weighted by Gasteiger charge is -2.00. The average Bonchev–Trinajstić information content (AvgIpc) is 2.75. The summed E-state index contributed by atoms with van der Waals surface area (Å²) in [6.07, 6.45) is 0. The van der Waals surface area contributed by atoms with Crippen LogP contribution in [0.25, 0.3) is 11.5 Å². The maximum absolute atomic E-state index is 10.4. The van der Waals surface area contributed by atoms with Crippen LogP contribution in [0.15, 0.2) is 32.3 Å². The third-order valence-electron chi connectivity index (χ3n) is 2.14. The van der Waals surface area contributed by atoms with Crippen LogP contribution < -0.4 is 0 Å². The molecule has 1 aromatic carbocycles. The molecule has 2 aromatic rings. The molecule has 1 N–H and O–H groups in total. The quantitative estimate of drug-likeness (QED) is 0.869. The zero-order valence-corrected chi connectivity index (χ0v) is 11.8. The van der Waals surface area contributed by atoms with Gasteiger partial charge in [-0.1, -0.05) is 27.7 Å². The molecular weight excluding hydrogens is 320 g/mol. The summed E-state index contributed by atoms with van der Waals surface area (Å²) in [6.45, 7) is 1.94. The maximum atomic E-state index is 10.4. The van der Waals surface area contributed by atoms with Gasteiger partial charge in [0, 0.05) is 10.0 Å². The summed E-state index contributed by atoms with van der Waals surface area (Å²) in [4.78, 5) is 10.4. The summed E-state index contributed by atoms with van der Waals surface area (Å²) in [5.74, 6) is -0.617. The number of aryl methyl sites for hydroxylation is 1. The normalized spacial score (nSPS) is 10.6. The van der Waals surface area contributed by atoms with Gasteiger partial charge in [-0.3, -0.25) is 4.79 Å². The van der Waals surface area contributed by atoms with Crippen LogP contribution in [0.4, 0.5) is 0 Å². The molecule has 0 aliphatic heterocycles. The molecule has 0 amide bonds. The fourth-order valence-electron chi connectivity index (χ4n) is 1.37. The van der Waals surface area contributed by atoms with E-state index in [4.69, 9.17) is 9.52 Å². The van der Waals surface area contributed by atoms with Gasteiger partial charge in [-0.25, -0.2) is 0 Å². The third kappa shape index (κ3) is 3.11. The molecule has 5 nitrogen and oxygen atoms in total. The molecule has 0 spiro atoms.